The van der Waals surface area contributed by atoms with Gasteiger partial charge in [-0.05, 0) is 72.1 Å². The van der Waals surface area contributed by atoms with Crippen molar-refractivity contribution in [3.63, 3.8) is 0 Å². The molecule has 0 aliphatic rings. The molecule has 8 heteroatoms. The molecule has 2 aromatic carbocycles. The van der Waals surface area contributed by atoms with Crippen LogP contribution in [0.4, 0.5) is 5.69 Å². The Morgan fingerprint density at radius 1 is 1.13 bits per heavy atom. The highest BCUT2D eigenvalue weighted by molar-refractivity contribution is 14.1. The van der Waals surface area contributed by atoms with E-state index in [1.807, 2.05) is 12.1 Å². The Morgan fingerprint density at radius 2 is 1.78 bits per heavy atom. The number of amides is 1. The highest BCUT2D eigenvalue weighted by Crippen LogP contribution is 2.25. The van der Waals surface area contributed by atoms with Gasteiger partial charge in [-0.2, -0.15) is 0 Å². The largest absolute Gasteiger partial charge is 0.495 e. The fourth-order valence-corrected chi connectivity index (χ4v) is 3.15. The van der Waals surface area contributed by atoms with E-state index in [-0.39, 0.29) is 16.2 Å². The first-order valence-electron chi connectivity index (χ1n) is 6.56. The van der Waals surface area contributed by atoms with Gasteiger partial charge in [-0.1, -0.05) is 0 Å². The number of sulfonamides is 1. The van der Waals surface area contributed by atoms with E-state index in [4.69, 9.17) is 4.74 Å². The van der Waals surface area contributed by atoms with Gasteiger partial charge in [0.2, 0.25) is 10.0 Å². The summed E-state index contributed by atoms with van der Waals surface area (Å²) in [4.78, 5) is 12.2. The van der Waals surface area contributed by atoms with Gasteiger partial charge >= 0.3 is 0 Å². The number of benzene rings is 2. The van der Waals surface area contributed by atoms with Crippen LogP contribution in [0.1, 0.15) is 10.4 Å². The van der Waals surface area contributed by atoms with Crippen molar-refractivity contribution in [3.8, 4) is 5.75 Å². The van der Waals surface area contributed by atoms with Crippen molar-refractivity contribution >= 4 is 44.2 Å². The molecule has 0 aromatic heterocycles. The number of anilines is 1. The van der Waals surface area contributed by atoms with E-state index in [1.165, 1.54) is 32.4 Å². The van der Waals surface area contributed by atoms with Gasteiger partial charge in [0, 0.05) is 14.8 Å². The molecule has 2 rings (SSSR count). The summed E-state index contributed by atoms with van der Waals surface area (Å²) in [5.74, 6) is -0.230. The summed E-state index contributed by atoms with van der Waals surface area (Å²) < 4.78 is 32.4. The third-order valence-corrected chi connectivity index (χ3v) is 5.24. The zero-order chi connectivity index (χ0) is 17.0. The molecule has 1 amide bonds. The molecule has 0 unspecified atom stereocenters. The van der Waals surface area contributed by atoms with Crippen molar-refractivity contribution in [2.75, 3.05) is 19.5 Å². The van der Waals surface area contributed by atoms with Crippen LogP contribution < -0.4 is 14.8 Å². The molecule has 6 nitrogen and oxygen atoms in total. The first-order chi connectivity index (χ1) is 10.9. The minimum absolute atomic E-state index is 0.0854. The number of halogens is 1. The van der Waals surface area contributed by atoms with Gasteiger partial charge in [0.1, 0.15) is 10.6 Å². The van der Waals surface area contributed by atoms with E-state index < -0.39 is 15.9 Å². The zero-order valence-corrected chi connectivity index (χ0v) is 15.4. The molecule has 0 spiro atoms. The molecule has 23 heavy (non-hydrogen) atoms. The van der Waals surface area contributed by atoms with Gasteiger partial charge in [-0.15, -0.1) is 0 Å². The van der Waals surface area contributed by atoms with E-state index >= 15 is 0 Å². The Morgan fingerprint density at radius 3 is 2.35 bits per heavy atom. The Kier molecular flexibility index (Phi) is 5.60. The minimum atomic E-state index is -3.73. The smallest absolute Gasteiger partial charge is 0.255 e. The van der Waals surface area contributed by atoms with E-state index in [1.54, 1.807) is 12.1 Å². The second-order valence-corrected chi connectivity index (χ2v) is 7.63. The SMILES string of the molecule is CNS(=O)(=O)c1cc(C(=O)Nc2ccc(I)cc2)ccc1OC. The number of hydrogen-bond donors (Lipinski definition) is 2. The Hall–Kier alpha value is -1.65. The Labute approximate surface area is 148 Å². The molecule has 0 saturated heterocycles. The topological polar surface area (TPSA) is 84.5 Å². The van der Waals surface area contributed by atoms with Gasteiger partial charge in [0.25, 0.3) is 5.91 Å². The predicted octanol–water partition coefficient (Wildman–Crippen LogP) is 2.46. The lowest BCUT2D eigenvalue weighted by atomic mass is 10.2. The Bertz CT molecular complexity index is 820. The Balaban J connectivity index is 2.34. The standard InChI is InChI=1S/C15H15IN2O4S/c1-17-23(20,21)14-9-10(3-8-13(14)22-2)15(19)18-12-6-4-11(16)5-7-12/h3-9,17H,1-2H3,(H,18,19). The quantitative estimate of drug-likeness (QED) is 0.692. The van der Waals surface area contributed by atoms with Crippen LogP contribution >= 0.6 is 22.6 Å². The molecule has 0 fully saturated rings. The van der Waals surface area contributed by atoms with E-state index in [9.17, 15) is 13.2 Å². The molecule has 0 aliphatic carbocycles. The number of nitrogens with one attached hydrogen (secondary N) is 2. The normalized spacial score (nSPS) is 11.1. The van der Waals surface area contributed by atoms with Crippen LogP contribution in [-0.4, -0.2) is 28.5 Å². The molecule has 122 valence electrons. The molecule has 0 aliphatic heterocycles. The lowest BCUT2D eigenvalue weighted by Crippen LogP contribution is -2.20. The molecule has 0 saturated carbocycles. The number of rotatable bonds is 5. The average molecular weight is 446 g/mol. The maximum Gasteiger partial charge on any atom is 0.255 e. The third-order valence-electron chi connectivity index (χ3n) is 3.09. The molecule has 0 bridgehead atoms. The maximum absolute atomic E-state index is 12.3. The predicted molar refractivity (Wildman–Crippen MR) is 96.4 cm³/mol. The summed E-state index contributed by atoms with van der Waals surface area (Å²) in [6.45, 7) is 0. The summed E-state index contributed by atoms with van der Waals surface area (Å²) in [5.41, 5.74) is 0.849. The second-order valence-electron chi connectivity index (χ2n) is 4.53. The molecule has 0 heterocycles. The highest BCUT2D eigenvalue weighted by Gasteiger charge is 2.20. The summed E-state index contributed by atoms with van der Waals surface area (Å²) in [5, 5.41) is 2.72. The van der Waals surface area contributed by atoms with E-state index in [0.29, 0.717) is 5.69 Å². The number of carbonyl (C=O) groups excluding carboxylic acids is 1. The number of carbonyl (C=O) groups is 1. The van der Waals surface area contributed by atoms with Crippen molar-refractivity contribution in [1.29, 1.82) is 0 Å². The highest BCUT2D eigenvalue weighted by atomic mass is 127. The number of ether oxygens (including phenoxy) is 1. The van der Waals surface area contributed by atoms with Gasteiger partial charge in [-0.25, -0.2) is 13.1 Å². The average Bonchev–Trinajstić information content (AvgIpc) is 2.56. The van der Waals surface area contributed by atoms with Crippen molar-refractivity contribution in [3.05, 3.63) is 51.6 Å². The van der Waals surface area contributed by atoms with Gasteiger partial charge < -0.3 is 10.1 Å². The first-order valence-corrected chi connectivity index (χ1v) is 9.12. The van der Waals surface area contributed by atoms with Crippen LogP contribution in [0, 0.1) is 3.57 Å². The number of methoxy groups -OCH3 is 1. The summed E-state index contributed by atoms with van der Waals surface area (Å²) in [6, 6.07) is 11.5. The minimum Gasteiger partial charge on any atom is -0.495 e. The van der Waals surface area contributed by atoms with Gasteiger partial charge in [0.05, 0.1) is 7.11 Å². The molecule has 2 aromatic rings. The molecular formula is C15H15IN2O4S. The van der Waals surface area contributed by atoms with Crippen molar-refractivity contribution in [2.24, 2.45) is 0 Å². The summed E-state index contributed by atoms with van der Waals surface area (Å²) in [7, 11) is -1.06. The molecule has 2 N–H and O–H groups in total. The lowest BCUT2D eigenvalue weighted by molar-refractivity contribution is 0.102. The maximum atomic E-state index is 12.3. The van der Waals surface area contributed by atoms with Crippen molar-refractivity contribution < 1.29 is 17.9 Å². The van der Waals surface area contributed by atoms with Crippen molar-refractivity contribution in [2.45, 2.75) is 4.90 Å². The number of hydrogen-bond acceptors (Lipinski definition) is 4. The molecular weight excluding hydrogens is 431 g/mol. The van der Waals surface area contributed by atoms with Gasteiger partial charge in [-0.3, -0.25) is 4.79 Å². The zero-order valence-electron chi connectivity index (χ0n) is 12.5. The fourth-order valence-electron chi connectivity index (χ4n) is 1.87. The monoisotopic (exact) mass is 446 g/mol. The second kappa shape index (κ2) is 7.28. The van der Waals surface area contributed by atoms with Crippen LogP contribution in [0.15, 0.2) is 47.4 Å². The van der Waals surface area contributed by atoms with Crippen molar-refractivity contribution in [1.82, 2.24) is 4.72 Å². The van der Waals surface area contributed by atoms with E-state index in [0.717, 1.165) is 3.57 Å². The van der Waals surface area contributed by atoms with Crippen LogP contribution in [0.3, 0.4) is 0 Å². The van der Waals surface area contributed by atoms with Crippen LogP contribution in [0.2, 0.25) is 0 Å². The van der Waals surface area contributed by atoms with Crippen LogP contribution in [0.25, 0.3) is 0 Å². The molecule has 0 atom stereocenters. The lowest BCUT2D eigenvalue weighted by Gasteiger charge is -2.11. The molecule has 0 radical (unpaired) electrons. The van der Waals surface area contributed by atoms with Gasteiger partial charge in [0.15, 0.2) is 0 Å². The fraction of sp³-hybridized carbons (Fsp3) is 0.133. The van der Waals surface area contributed by atoms with Crippen LogP contribution in [0.5, 0.6) is 5.75 Å². The summed E-state index contributed by atoms with van der Waals surface area (Å²) in [6.07, 6.45) is 0. The van der Waals surface area contributed by atoms with Crippen LogP contribution in [-0.2, 0) is 10.0 Å². The first kappa shape index (κ1) is 17.7. The third kappa shape index (κ3) is 4.21. The van der Waals surface area contributed by atoms with E-state index in [2.05, 4.69) is 32.6 Å². The summed E-state index contributed by atoms with van der Waals surface area (Å²) >= 11 is 2.17.